The lowest BCUT2D eigenvalue weighted by Crippen LogP contribution is -2.16. The largest absolute Gasteiger partial charge is 0.462 e. The van der Waals surface area contributed by atoms with Crippen LogP contribution in [-0.2, 0) is 4.74 Å². The normalized spacial score (nSPS) is 10.5. The van der Waals surface area contributed by atoms with Crippen LogP contribution in [0.5, 0.6) is 0 Å². The minimum atomic E-state index is -1.40. The molecule has 0 aromatic heterocycles. The van der Waals surface area contributed by atoms with E-state index in [0.717, 1.165) is 11.1 Å². The van der Waals surface area contributed by atoms with Crippen LogP contribution in [0.2, 0.25) is 19.6 Å². The number of carbonyl (C=O) groups excluding carboxylic acids is 1. The Hall–Kier alpha value is -1.53. The molecule has 0 N–H and O–H groups in total. The van der Waals surface area contributed by atoms with Crippen LogP contribution >= 0.6 is 0 Å². The monoisotopic (exact) mass is 260 g/mol. The number of esters is 1. The van der Waals surface area contributed by atoms with Crippen molar-refractivity contribution in [3.05, 3.63) is 34.9 Å². The Balaban J connectivity index is 3.08. The van der Waals surface area contributed by atoms with Crippen molar-refractivity contribution < 1.29 is 9.53 Å². The van der Waals surface area contributed by atoms with Crippen LogP contribution in [-0.4, -0.2) is 20.7 Å². The van der Waals surface area contributed by atoms with Gasteiger partial charge in [-0.15, -0.1) is 5.54 Å². The Morgan fingerprint density at radius 2 is 2.00 bits per heavy atom. The summed E-state index contributed by atoms with van der Waals surface area (Å²) in [5, 5.41) is 0. The van der Waals surface area contributed by atoms with Crippen LogP contribution in [0.3, 0.4) is 0 Å². The SMILES string of the molecule is CCOC(=O)c1ccc(C)c(C#C[Si](C)(C)C)c1. The second kappa shape index (κ2) is 5.88. The first-order chi connectivity index (χ1) is 8.33. The third-order valence-electron chi connectivity index (χ3n) is 2.32. The molecule has 0 saturated heterocycles. The molecule has 0 spiro atoms. The third kappa shape index (κ3) is 4.38. The molecule has 0 radical (unpaired) electrons. The lowest BCUT2D eigenvalue weighted by atomic mass is 10.1. The van der Waals surface area contributed by atoms with Gasteiger partial charge < -0.3 is 4.74 Å². The summed E-state index contributed by atoms with van der Waals surface area (Å²) in [6.45, 7) is 10.8. The standard InChI is InChI=1S/C15H20O2Si/c1-6-17-15(16)14-8-7-12(2)13(11-14)9-10-18(3,4)5/h7-8,11H,6H2,1-5H3. The van der Waals surface area contributed by atoms with Gasteiger partial charge in [-0.2, -0.15) is 0 Å². The Morgan fingerprint density at radius 3 is 2.56 bits per heavy atom. The number of rotatable bonds is 2. The number of hydrogen-bond donors (Lipinski definition) is 0. The lowest BCUT2D eigenvalue weighted by Gasteiger charge is -2.06. The molecule has 0 aliphatic heterocycles. The van der Waals surface area contributed by atoms with Crippen molar-refractivity contribution in [2.24, 2.45) is 0 Å². The molecule has 96 valence electrons. The molecule has 0 saturated carbocycles. The van der Waals surface area contributed by atoms with Crippen molar-refractivity contribution in [2.75, 3.05) is 6.61 Å². The molecule has 3 heteroatoms. The minimum absolute atomic E-state index is 0.284. The van der Waals surface area contributed by atoms with Gasteiger partial charge in [-0.1, -0.05) is 31.6 Å². The van der Waals surface area contributed by atoms with Crippen molar-refractivity contribution in [3.63, 3.8) is 0 Å². The van der Waals surface area contributed by atoms with Gasteiger partial charge in [0, 0.05) is 5.56 Å². The molecule has 0 fully saturated rings. The van der Waals surface area contributed by atoms with Crippen molar-refractivity contribution in [2.45, 2.75) is 33.5 Å². The van der Waals surface area contributed by atoms with E-state index in [-0.39, 0.29) is 5.97 Å². The number of aryl methyl sites for hydroxylation is 1. The molecular weight excluding hydrogens is 240 g/mol. The van der Waals surface area contributed by atoms with E-state index in [0.29, 0.717) is 12.2 Å². The summed E-state index contributed by atoms with van der Waals surface area (Å²) in [5.41, 5.74) is 5.90. The van der Waals surface area contributed by atoms with Crippen molar-refractivity contribution >= 4 is 14.0 Å². The van der Waals surface area contributed by atoms with Crippen LogP contribution in [0.1, 0.15) is 28.4 Å². The Labute approximate surface area is 110 Å². The van der Waals surface area contributed by atoms with E-state index >= 15 is 0 Å². The molecule has 0 unspecified atom stereocenters. The Kier molecular flexibility index (Phi) is 4.74. The van der Waals surface area contributed by atoms with Gasteiger partial charge in [0.1, 0.15) is 8.07 Å². The van der Waals surface area contributed by atoms with Gasteiger partial charge in [0.05, 0.1) is 12.2 Å². The fourth-order valence-electron chi connectivity index (χ4n) is 1.35. The number of hydrogen-bond acceptors (Lipinski definition) is 2. The minimum Gasteiger partial charge on any atom is -0.462 e. The highest BCUT2D eigenvalue weighted by atomic mass is 28.3. The number of benzene rings is 1. The number of carbonyl (C=O) groups is 1. The predicted octanol–water partition coefficient (Wildman–Crippen LogP) is 3.40. The maximum Gasteiger partial charge on any atom is 0.338 e. The quantitative estimate of drug-likeness (QED) is 0.463. The average molecular weight is 260 g/mol. The highest BCUT2D eigenvalue weighted by Gasteiger charge is 2.10. The molecular formula is C15H20O2Si. The van der Waals surface area contributed by atoms with E-state index in [1.54, 1.807) is 13.0 Å². The van der Waals surface area contributed by atoms with Crippen molar-refractivity contribution in [1.82, 2.24) is 0 Å². The van der Waals surface area contributed by atoms with Crippen LogP contribution < -0.4 is 0 Å². The summed E-state index contributed by atoms with van der Waals surface area (Å²) >= 11 is 0. The summed E-state index contributed by atoms with van der Waals surface area (Å²) in [5.74, 6) is 2.91. The molecule has 1 rings (SSSR count). The van der Waals surface area contributed by atoms with Crippen LogP contribution in [0.4, 0.5) is 0 Å². The van der Waals surface area contributed by atoms with Gasteiger partial charge in [0.2, 0.25) is 0 Å². The molecule has 0 atom stereocenters. The average Bonchev–Trinajstić information content (AvgIpc) is 2.27. The van der Waals surface area contributed by atoms with Gasteiger partial charge in [-0.3, -0.25) is 0 Å². The zero-order chi connectivity index (χ0) is 13.8. The van der Waals surface area contributed by atoms with E-state index < -0.39 is 8.07 Å². The van der Waals surface area contributed by atoms with E-state index in [9.17, 15) is 4.79 Å². The second-order valence-electron chi connectivity index (χ2n) is 5.25. The van der Waals surface area contributed by atoms with Gasteiger partial charge in [-0.25, -0.2) is 4.79 Å². The molecule has 0 heterocycles. The van der Waals surface area contributed by atoms with Gasteiger partial charge in [0.25, 0.3) is 0 Å². The first-order valence-electron chi connectivity index (χ1n) is 6.14. The molecule has 0 aliphatic rings. The smallest absolute Gasteiger partial charge is 0.338 e. The van der Waals surface area contributed by atoms with Gasteiger partial charge >= 0.3 is 5.97 Å². The maximum atomic E-state index is 11.6. The molecule has 0 bridgehead atoms. The van der Waals surface area contributed by atoms with Gasteiger partial charge in [-0.05, 0) is 31.5 Å². The second-order valence-corrected chi connectivity index (χ2v) is 10.0. The lowest BCUT2D eigenvalue weighted by molar-refractivity contribution is 0.0526. The zero-order valence-electron chi connectivity index (χ0n) is 11.8. The maximum absolute atomic E-state index is 11.6. The van der Waals surface area contributed by atoms with E-state index in [4.69, 9.17) is 4.74 Å². The molecule has 1 aromatic carbocycles. The van der Waals surface area contributed by atoms with Crippen LogP contribution in [0, 0.1) is 18.4 Å². The summed E-state index contributed by atoms with van der Waals surface area (Å²) in [6, 6.07) is 5.52. The molecule has 0 aliphatic carbocycles. The third-order valence-corrected chi connectivity index (χ3v) is 3.20. The molecule has 18 heavy (non-hydrogen) atoms. The topological polar surface area (TPSA) is 26.3 Å². The summed E-state index contributed by atoms with van der Waals surface area (Å²) < 4.78 is 4.99. The zero-order valence-corrected chi connectivity index (χ0v) is 12.8. The predicted molar refractivity (Wildman–Crippen MR) is 77.4 cm³/mol. The van der Waals surface area contributed by atoms with Crippen LogP contribution in [0.25, 0.3) is 0 Å². The Morgan fingerprint density at radius 1 is 1.33 bits per heavy atom. The highest BCUT2D eigenvalue weighted by molar-refractivity contribution is 6.83. The summed E-state index contributed by atoms with van der Waals surface area (Å²) in [7, 11) is -1.40. The van der Waals surface area contributed by atoms with E-state index in [2.05, 4.69) is 31.1 Å². The highest BCUT2D eigenvalue weighted by Crippen LogP contribution is 2.12. The first-order valence-corrected chi connectivity index (χ1v) is 9.64. The molecule has 1 aromatic rings. The first kappa shape index (κ1) is 14.5. The summed E-state index contributed by atoms with van der Waals surface area (Å²) in [4.78, 5) is 11.6. The summed E-state index contributed by atoms with van der Waals surface area (Å²) in [6.07, 6.45) is 0. The molecule has 2 nitrogen and oxygen atoms in total. The van der Waals surface area contributed by atoms with Crippen LogP contribution in [0.15, 0.2) is 18.2 Å². The fourth-order valence-corrected chi connectivity index (χ4v) is 1.86. The Bertz CT molecular complexity index is 501. The van der Waals surface area contributed by atoms with Gasteiger partial charge in [0.15, 0.2) is 0 Å². The van der Waals surface area contributed by atoms with E-state index in [1.165, 1.54) is 0 Å². The van der Waals surface area contributed by atoms with Crippen molar-refractivity contribution in [3.8, 4) is 11.5 Å². The van der Waals surface area contributed by atoms with Crippen molar-refractivity contribution in [1.29, 1.82) is 0 Å². The molecule has 0 amide bonds. The van der Waals surface area contributed by atoms with E-state index in [1.807, 2.05) is 19.1 Å². The number of ether oxygens (including phenoxy) is 1. The fraction of sp³-hybridized carbons (Fsp3) is 0.400.